The average Bonchev–Trinajstić information content (AvgIpc) is 2.47. The molecule has 0 spiro atoms. The number of rotatable bonds is 5. The monoisotopic (exact) mass is 401 g/mol. The minimum absolute atomic E-state index is 0.133. The topological polar surface area (TPSA) is 12.0 Å². The first-order chi connectivity index (χ1) is 10.0. The van der Waals surface area contributed by atoms with E-state index in [9.17, 15) is 8.78 Å². The molecule has 0 saturated carbocycles. The largest absolute Gasteiger partial charge is 0.306 e. The Morgan fingerprint density at radius 2 is 1.90 bits per heavy atom. The summed E-state index contributed by atoms with van der Waals surface area (Å²) >= 11 is 2.31. The number of halogens is 3. The molecule has 0 bridgehead atoms. The molecule has 0 saturated heterocycles. The molecule has 0 radical (unpaired) electrons. The number of hydrogen-bond donors (Lipinski definition) is 1. The van der Waals surface area contributed by atoms with Gasteiger partial charge >= 0.3 is 0 Å². The molecule has 0 aliphatic heterocycles. The second kappa shape index (κ2) is 7.31. The zero-order chi connectivity index (χ0) is 15.4. The Morgan fingerprint density at radius 1 is 1.14 bits per heavy atom. The van der Waals surface area contributed by atoms with Crippen LogP contribution >= 0.6 is 22.6 Å². The maximum atomic E-state index is 13.6. The number of nitrogens with one attached hydrogen (secondary N) is 1. The minimum atomic E-state index is -0.813. The van der Waals surface area contributed by atoms with Crippen molar-refractivity contribution >= 4 is 22.6 Å². The van der Waals surface area contributed by atoms with Gasteiger partial charge in [-0.3, -0.25) is 0 Å². The number of aryl methyl sites for hydroxylation is 1. The Kier molecular flexibility index (Phi) is 5.70. The maximum absolute atomic E-state index is 13.6. The number of hydrogen-bond acceptors (Lipinski definition) is 1. The van der Waals surface area contributed by atoms with Crippen LogP contribution in [0.1, 0.15) is 36.1 Å². The Morgan fingerprint density at radius 3 is 2.57 bits per heavy atom. The summed E-state index contributed by atoms with van der Waals surface area (Å²) < 4.78 is 27.9. The third kappa shape index (κ3) is 3.80. The summed E-state index contributed by atoms with van der Waals surface area (Å²) in [6, 6.07) is 10.1. The second-order valence-corrected chi connectivity index (χ2v) is 6.12. The van der Waals surface area contributed by atoms with E-state index in [1.807, 2.05) is 25.1 Å². The van der Waals surface area contributed by atoms with E-state index in [0.29, 0.717) is 0 Å². The lowest BCUT2D eigenvalue weighted by Crippen LogP contribution is -2.24. The highest BCUT2D eigenvalue weighted by Crippen LogP contribution is 2.29. The predicted molar refractivity (Wildman–Crippen MR) is 90.4 cm³/mol. The van der Waals surface area contributed by atoms with Gasteiger partial charge in [-0.2, -0.15) is 0 Å². The molecule has 112 valence electrons. The van der Waals surface area contributed by atoms with Crippen molar-refractivity contribution < 1.29 is 8.78 Å². The van der Waals surface area contributed by atoms with Gasteiger partial charge in [0.1, 0.15) is 0 Å². The Hall–Kier alpha value is -1.01. The van der Waals surface area contributed by atoms with Crippen LogP contribution in [0.25, 0.3) is 0 Å². The SMILES string of the molecule is CCCNC(c1ccc(F)c(F)c1)c1cccc(C)c1I. The molecule has 0 amide bonds. The lowest BCUT2D eigenvalue weighted by Gasteiger charge is -2.22. The molecule has 1 unspecified atom stereocenters. The molecule has 4 heteroatoms. The zero-order valence-electron chi connectivity index (χ0n) is 12.1. The predicted octanol–water partition coefficient (Wildman–Crippen LogP) is 4.97. The zero-order valence-corrected chi connectivity index (χ0v) is 14.2. The summed E-state index contributed by atoms with van der Waals surface area (Å²) in [7, 11) is 0. The first-order valence-corrected chi connectivity index (χ1v) is 8.05. The molecule has 2 rings (SSSR count). The van der Waals surface area contributed by atoms with Gasteiger partial charge in [-0.05, 0) is 71.3 Å². The van der Waals surface area contributed by atoms with Crippen molar-refractivity contribution in [3.05, 3.63) is 68.3 Å². The first kappa shape index (κ1) is 16.4. The first-order valence-electron chi connectivity index (χ1n) is 6.98. The van der Waals surface area contributed by atoms with E-state index in [1.54, 1.807) is 6.07 Å². The Balaban J connectivity index is 2.47. The van der Waals surface area contributed by atoms with Gasteiger partial charge in [-0.1, -0.05) is 31.2 Å². The van der Waals surface area contributed by atoms with Gasteiger partial charge in [-0.15, -0.1) is 0 Å². The fourth-order valence-electron chi connectivity index (χ4n) is 2.28. The van der Waals surface area contributed by atoms with Crippen molar-refractivity contribution in [3.8, 4) is 0 Å². The molecule has 2 aromatic rings. The molecule has 1 N–H and O–H groups in total. The summed E-state index contributed by atoms with van der Waals surface area (Å²) in [5, 5.41) is 3.42. The fraction of sp³-hybridized carbons (Fsp3) is 0.294. The quantitative estimate of drug-likeness (QED) is 0.698. The van der Waals surface area contributed by atoms with Gasteiger partial charge in [0, 0.05) is 3.57 Å². The van der Waals surface area contributed by atoms with E-state index in [2.05, 4.69) is 34.8 Å². The van der Waals surface area contributed by atoms with Gasteiger partial charge in [0.25, 0.3) is 0 Å². The van der Waals surface area contributed by atoms with Gasteiger partial charge in [0.05, 0.1) is 6.04 Å². The lowest BCUT2D eigenvalue weighted by atomic mass is 9.97. The molecular formula is C17H18F2IN. The van der Waals surface area contributed by atoms with Crippen LogP contribution in [-0.2, 0) is 0 Å². The second-order valence-electron chi connectivity index (χ2n) is 5.04. The minimum Gasteiger partial charge on any atom is -0.306 e. The van der Waals surface area contributed by atoms with Crippen LogP contribution < -0.4 is 5.32 Å². The van der Waals surface area contributed by atoms with Crippen LogP contribution in [0.5, 0.6) is 0 Å². The highest BCUT2D eigenvalue weighted by molar-refractivity contribution is 14.1. The van der Waals surface area contributed by atoms with Crippen molar-refractivity contribution in [2.75, 3.05) is 6.54 Å². The van der Waals surface area contributed by atoms with E-state index in [4.69, 9.17) is 0 Å². The van der Waals surface area contributed by atoms with Crippen LogP contribution in [0.4, 0.5) is 8.78 Å². The highest BCUT2D eigenvalue weighted by atomic mass is 127. The Labute approximate surface area is 137 Å². The van der Waals surface area contributed by atoms with Gasteiger partial charge < -0.3 is 5.32 Å². The normalized spacial score (nSPS) is 12.4. The molecule has 0 aromatic heterocycles. The summed E-state index contributed by atoms with van der Waals surface area (Å²) in [4.78, 5) is 0. The van der Waals surface area contributed by atoms with E-state index < -0.39 is 11.6 Å². The summed E-state index contributed by atoms with van der Waals surface area (Å²) in [6.07, 6.45) is 0.975. The van der Waals surface area contributed by atoms with Crippen molar-refractivity contribution in [2.45, 2.75) is 26.3 Å². The maximum Gasteiger partial charge on any atom is 0.159 e. The molecular weight excluding hydrogens is 383 g/mol. The summed E-state index contributed by atoms with van der Waals surface area (Å²) in [5.41, 5.74) is 3.01. The van der Waals surface area contributed by atoms with Crippen LogP contribution in [0, 0.1) is 22.1 Å². The van der Waals surface area contributed by atoms with E-state index in [1.165, 1.54) is 17.7 Å². The number of benzene rings is 2. The molecule has 0 aliphatic rings. The van der Waals surface area contributed by atoms with Crippen LogP contribution in [-0.4, -0.2) is 6.54 Å². The standard InChI is InChI=1S/C17H18F2IN/c1-3-9-21-17(12-7-8-14(18)15(19)10-12)13-6-4-5-11(2)16(13)20/h4-8,10,17,21H,3,9H2,1-2H3. The Bertz CT molecular complexity index is 628. The van der Waals surface area contributed by atoms with Crippen molar-refractivity contribution in [1.29, 1.82) is 0 Å². The van der Waals surface area contributed by atoms with Crippen LogP contribution in [0.2, 0.25) is 0 Å². The third-order valence-corrected chi connectivity index (χ3v) is 4.88. The lowest BCUT2D eigenvalue weighted by molar-refractivity contribution is 0.503. The molecule has 21 heavy (non-hydrogen) atoms. The molecule has 0 heterocycles. The molecule has 2 aromatic carbocycles. The van der Waals surface area contributed by atoms with Crippen molar-refractivity contribution in [3.63, 3.8) is 0 Å². The van der Waals surface area contributed by atoms with Gasteiger partial charge in [-0.25, -0.2) is 8.78 Å². The molecule has 1 atom stereocenters. The van der Waals surface area contributed by atoms with Gasteiger partial charge in [0.15, 0.2) is 11.6 Å². The van der Waals surface area contributed by atoms with E-state index >= 15 is 0 Å². The van der Waals surface area contributed by atoms with Gasteiger partial charge in [0.2, 0.25) is 0 Å². The summed E-state index contributed by atoms with van der Waals surface area (Å²) in [5.74, 6) is -1.62. The molecule has 1 nitrogen and oxygen atoms in total. The van der Waals surface area contributed by atoms with Crippen LogP contribution in [0.15, 0.2) is 36.4 Å². The molecule has 0 fully saturated rings. The van der Waals surface area contributed by atoms with Crippen molar-refractivity contribution in [1.82, 2.24) is 5.32 Å². The van der Waals surface area contributed by atoms with Crippen LogP contribution in [0.3, 0.4) is 0 Å². The van der Waals surface area contributed by atoms with E-state index in [0.717, 1.165) is 27.7 Å². The average molecular weight is 401 g/mol. The smallest absolute Gasteiger partial charge is 0.159 e. The third-order valence-electron chi connectivity index (χ3n) is 3.41. The van der Waals surface area contributed by atoms with E-state index in [-0.39, 0.29) is 6.04 Å². The molecule has 0 aliphatic carbocycles. The summed E-state index contributed by atoms with van der Waals surface area (Å²) in [6.45, 7) is 4.94. The van der Waals surface area contributed by atoms with Crippen molar-refractivity contribution in [2.24, 2.45) is 0 Å². The fourth-order valence-corrected chi connectivity index (χ4v) is 2.95. The highest BCUT2D eigenvalue weighted by Gasteiger charge is 2.18.